The van der Waals surface area contributed by atoms with Crippen molar-refractivity contribution in [2.24, 2.45) is 0 Å². The van der Waals surface area contributed by atoms with Gasteiger partial charge in [-0.15, -0.1) is 10.2 Å². The van der Waals surface area contributed by atoms with Crippen LogP contribution in [0, 0.1) is 0 Å². The van der Waals surface area contributed by atoms with Crippen LogP contribution in [0.1, 0.15) is 41.1 Å². The van der Waals surface area contributed by atoms with E-state index in [9.17, 15) is 9.59 Å². The Bertz CT molecular complexity index is 909. The summed E-state index contributed by atoms with van der Waals surface area (Å²) in [6, 6.07) is 18.0. The molecular formula is C21H23N5O2. The van der Waals surface area contributed by atoms with Crippen LogP contribution in [0.15, 0.2) is 67.0 Å². The van der Waals surface area contributed by atoms with Crippen molar-refractivity contribution in [2.75, 3.05) is 0 Å². The van der Waals surface area contributed by atoms with Gasteiger partial charge in [-0.2, -0.15) is 0 Å². The zero-order chi connectivity index (χ0) is 19.8. The van der Waals surface area contributed by atoms with Gasteiger partial charge < -0.3 is 15.2 Å². The molecule has 0 aliphatic heterocycles. The van der Waals surface area contributed by atoms with Gasteiger partial charge in [0.15, 0.2) is 5.82 Å². The lowest BCUT2D eigenvalue weighted by Crippen LogP contribution is -2.34. The first kappa shape index (κ1) is 19.3. The van der Waals surface area contributed by atoms with Crippen molar-refractivity contribution in [1.82, 2.24) is 25.4 Å². The van der Waals surface area contributed by atoms with Crippen LogP contribution in [0.3, 0.4) is 0 Å². The number of nitrogens with one attached hydrogen (secondary N) is 2. The molecule has 1 aromatic heterocycles. The molecule has 0 unspecified atom stereocenters. The summed E-state index contributed by atoms with van der Waals surface area (Å²) in [5, 5.41) is 13.7. The highest BCUT2D eigenvalue weighted by Gasteiger charge is 2.19. The van der Waals surface area contributed by atoms with Crippen molar-refractivity contribution in [3.05, 3.63) is 83.9 Å². The van der Waals surface area contributed by atoms with E-state index in [1.807, 2.05) is 60.0 Å². The minimum absolute atomic E-state index is 0.128. The molecule has 0 spiro atoms. The van der Waals surface area contributed by atoms with Gasteiger partial charge in [0.25, 0.3) is 5.91 Å². The summed E-state index contributed by atoms with van der Waals surface area (Å²) < 4.78 is 1.87. The van der Waals surface area contributed by atoms with Crippen LogP contribution in [0.2, 0.25) is 0 Å². The molecule has 0 radical (unpaired) electrons. The van der Waals surface area contributed by atoms with E-state index in [4.69, 9.17) is 0 Å². The first-order chi connectivity index (χ1) is 13.7. The Kier molecular flexibility index (Phi) is 6.51. The summed E-state index contributed by atoms with van der Waals surface area (Å²) in [4.78, 5) is 25.1. The molecule has 7 nitrogen and oxygen atoms in total. The predicted octanol–water partition coefficient (Wildman–Crippen LogP) is 2.48. The van der Waals surface area contributed by atoms with Crippen LogP contribution >= 0.6 is 0 Å². The fraction of sp³-hybridized carbons (Fsp3) is 0.238. The molecule has 3 aromatic rings. The molecule has 144 valence electrons. The second kappa shape index (κ2) is 9.45. The first-order valence-electron chi connectivity index (χ1n) is 9.21. The minimum Gasteiger partial charge on any atom is -0.349 e. The number of carbonyl (C=O) groups excluding carboxylic acids is 2. The van der Waals surface area contributed by atoms with E-state index in [0.29, 0.717) is 17.9 Å². The van der Waals surface area contributed by atoms with E-state index in [1.54, 1.807) is 18.5 Å². The van der Waals surface area contributed by atoms with Crippen LogP contribution in [-0.2, 0) is 17.9 Å². The highest BCUT2D eigenvalue weighted by Crippen LogP contribution is 2.17. The monoisotopic (exact) mass is 377 g/mol. The molecule has 0 saturated heterocycles. The lowest BCUT2D eigenvalue weighted by atomic mass is 10.0. The summed E-state index contributed by atoms with van der Waals surface area (Å²) >= 11 is 0. The molecule has 3 rings (SSSR count). The van der Waals surface area contributed by atoms with Crippen molar-refractivity contribution < 1.29 is 9.59 Å². The van der Waals surface area contributed by atoms with Gasteiger partial charge >= 0.3 is 0 Å². The second-order valence-corrected chi connectivity index (χ2v) is 6.32. The van der Waals surface area contributed by atoms with Crippen LogP contribution in [0.25, 0.3) is 0 Å². The number of hydrogen-bond acceptors (Lipinski definition) is 4. The maximum Gasteiger partial charge on any atom is 0.251 e. The van der Waals surface area contributed by atoms with Crippen molar-refractivity contribution in [3.63, 3.8) is 0 Å². The third-order valence-corrected chi connectivity index (χ3v) is 4.41. The Morgan fingerprint density at radius 1 is 1.04 bits per heavy atom. The van der Waals surface area contributed by atoms with Gasteiger partial charge in [0, 0.05) is 12.1 Å². The van der Waals surface area contributed by atoms with Crippen LogP contribution < -0.4 is 10.6 Å². The zero-order valence-corrected chi connectivity index (χ0v) is 15.7. The van der Waals surface area contributed by atoms with Crippen molar-refractivity contribution in [1.29, 1.82) is 0 Å². The molecule has 0 saturated carbocycles. The summed E-state index contributed by atoms with van der Waals surface area (Å²) in [5.74, 6) is 0.307. The smallest absolute Gasteiger partial charge is 0.251 e. The largest absolute Gasteiger partial charge is 0.349 e. The van der Waals surface area contributed by atoms with Crippen LogP contribution in [0.5, 0.6) is 0 Å². The molecule has 2 N–H and O–H groups in total. The maximum absolute atomic E-state index is 12.6. The van der Waals surface area contributed by atoms with Gasteiger partial charge in [-0.1, -0.05) is 48.5 Å². The number of rotatable bonds is 8. The summed E-state index contributed by atoms with van der Waals surface area (Å²) in [6.45, 7) is 3.01. The van der Waals surface area contributed by atoms with E-state index < -0.39 is 6.04 Å². The molecule has 0 aliphatic carbocycles. The van der Waals surface area contributed by atoms with E-state index >= 15 is 0 Å². The molecule has 0 bridgehead atoms. The van der Waals surface area contributed by atoms with E-state index in [-0.39, 0.29) is 18.2 Å². The summed E-state index contributed by atoms with van der Waals surface area (Å²) in [6.07, 6.45) is 1.76. The minimum atomic E-state index is -0.432. The van der Waals surface area contributed by atoms with Gasteiger partial charge in [-0.25, -0.2) is 0 Å². The van der Waals surface area contributed by atoms with Gasteiger partial charge in [-0.3, -0.25) is 9.59 Å². The average molecular weight is 377 g/mol. The molecule has 28 heavy (non-hydrogen) atoms. The number of benzene rings is 2. The van der Waals surface area contributed by atoms with Crippen LogP contribution in [0.4, 0.5) is 0 Å². The van der Waals surface area contributed by atoms with Gasteiger partial charge in [0.1, 0.15) is 6.33 Å². The van der Waals surface area contributed by atoms with Crippen molar-refractivity contribution in [3.8, 4) is 0 Å². The Hall–Kier alpha value is -3.48. The maximum atomic E-state index is 12.6. The third kappa shape index (κ3) is 5.03. The summed E-state index contributed by atoms with van der Waals surface area (Å²) in [7, 11) is 0. The van der Waals surface area contributed by atoms with E-state index in [0.717, 1.165) is 12.1 Å². The second-order valence-electron chi connectivity index (χ2n) is 6.32. The Balaban J connectivity index is 1.67. The predicted molar refractivity (Wildman–Crippen MR) is 105 cm³/mol. The molecule has 1 heterocycles. The third-order valence-electron chi connectivity index (χ3n) is 4.41. The fourth-order valence-corrected chi connectivity index (χ4v) is 2.88. The van der Waals surface area contributed by atoms with Gasteiger partial charge in [0.2, 0.25) is 5.91 Å². The first-order valence-corrected chi connectivity index (χ1v) is 9.21. The Labute approximate surface area is 163 Å². The molecule has 7 heteroatoms. The number of nitrogens with zero attached hydrogens (tertiary/aromatic N) is 3. The number of hydrogen-bond donors (Lipinski definition) is 2. The van der Waals surface area contributed by atoms with Crippen LogP contribution in [-0.4, -0.2) is 26.6 Å². The van der Waals surface area contributed by atoms with E-state index in [2.05, 4.69) is 20.8 Å². The topological polar surface area (TPSA) is 88.9 Å². The molecular weight excluding hydrogens is 354 g/mol. The average Bonchev–Trinajstić information content (AvgIpc) is 3.20. The number of aryl methyl sites for hydroxylation is 1. The lowest BCUT2D eigenvalue weighted by molar-refractivity contribution is -0.121. The highest BCUT2D eigenvalue weighted by atomic mass is 16.2. The molecule has 2 aromatic carbocycles. The number of carbonyl (C=O) groups is 2. The Morgan fingerprint density at radius 3 is 2.39 bits per heavy atom. The lowest BCUT2D eigenvalue weighted by Gasteiger charge is -2.19. The SMILES string of the molecule is CCn1cnnc1CNC(=O)C[C@H](NC(=O)c1ccccc1)c1ccccc1. The number of amides is 2. The van der Waals surface area contributed by atoms with Crippen molar-refractivity contribution >= 4 is 11.8 Å². The summed E-state index contributed by atoms with van der Waals surface area (Å²) in [5.41, 5.74) is 1.43. The molecule has 0 fully saturated rings. The highest BCUT2D eigenvalue weighted by molar-refractivity contribution is 5.94. The molecule has 2 amide bonds. The van der Waals surface area contributed by atoms with E-state index in [1.165, 1.54) is 0 Å². The van der Waals surface area contributed by atoms with Crippen molar-refractivity contribution in [2.45, 2.75) is 32.5 Å². The quantitative estimate of drug-likeness (QED) is 0.631. The molecule has 0 aliphatic rings. The van der Waals surface area contributed by atoms with Gasteiger partial charge in [0.05, 0.1) is 19.0 Å². The normalized spacial score (nSPS) is 11.6. The Morgan fingerprint density at radius 2 is 1.71 bits per heavy atom. The van der Waals surface area contributed by atoms with Gasteiger partial charge in [-0.05, 0) is 24.6 Å². The number of aromatic nitrogens is 3. The fourth-order valence-electron chi connectivity index (χ4n) is 2.88. The zero-order valence-electron chi connectivity index (χ0n) is 15.7. The standard InChI is InChI=1S/C21H23N5O2/c1-2-26-15-23-25-19(26)14-22-20(27)13-18(16-9-5-3-6-10-16)24-21(28)17-11-7-4-8-12-17/h3-12,15,18H,2,13-14H2,1H3,(H,22,27)(H,24,28)/t18-/m0/s1. The molecule has 1 atom stereocenters.